The molecule has 3 heteroatoms. The van der Waals surface area contributed by atoms with Crippen LogP contribution in [0.1, 0.15) is 188 Å². The molecular weight excluding hydrogens is 456 g/mol. The molecule has 0 amide bonds. The quantitative estimate of drug-likeness (QED) is 0.0660. The van der Waals surface area contributed by atoms with Gasteiger partial charge in [0.15, 0.2) is 0 Å². The Morgan fingerprint density at radius 3 is 0.750 bits per heavy atom. The predicted molar refractivity (Wildman–Crippen MR) is 165 cm³/mol. The molecule has 0 atom stereocenters. The van der Waals surface area contributed by atoms with E-state index in [1.54, 1.807) is 0 Å². The van der Waals surface area contributed by atoms with Crippen molar-refractivity contribution >= 4 is 8.56 Å². The van der Waals surface area contributed by atoms with Crippen molar-refractivity contribution in [1.82, 2.24) is 0 Å². The maximum Gasteiger partial charge on any atom is 0.337 e. The maximum atomic E-state index is 6.45. The molecule has 0 N–H and O–H groups in total. The van der Waals surface area contributed by atoms with Crippen LogP contribution in [0.5, 0.6) is 0 Å². The van der Waals surface area contributed by atoms with Crippen LogP contribution in [0.15, 0.2) is 0 Å². The molecule has 36 heavy (non-hydrogen) atoms. The molecule has 0 aliphatic rings. The maximum absolute atomic E-state index is 6.45. The van der Waals surface area contributed by atoms with Crippen molar-refractivity contribution in [2.24, 2.45) is 0 Å². The molecule has 0 bridgehead atoms. The first kappa shape index (κ1) is 36.1. The monoisotopic (exact) mass is 527 g/mol. The summed E-state index contributed by atoms with van der Waals surface area (Å²) >= 11 is 0. The molecule has 0 aliphatic heterocycles. The first-order chi connectivity index (χ1) is 17.7. The molecule has 0 aromatic heterocycles. The van der Waals surface area contributed by atoms with Crippen molar-refractivity contribution in [3.8, 4) is 0 Å². The van der Waals surface area contributed by atoms with Crippen molar-refractivity contribution in [3.05, 3.63) is 0 Å². The van der Waals surface area contributed by atoms with Gasteiger partial charge < -0.3 is 8.85 Å². The van der Waals surface area contributed by atoms with Crippen LogP contribution in [0.25, 0.3) is 0 Å². The number of unbranched alkanes of at least 4 members (excludes halogenated alkanes) is 23. The Hall–Kier alpha value is 0.137. The molecule has 0 unspecified atom stereocenters. The van der Waals surface area contributed by atoms with Crippen molar-refractivity contribution in [1.29, 1.82) is 0 Å². The fourth-order valence-corrected chi connectivity index (χ4v) is 7.71. The molecule has 0 aromatic rings. The smallest absolute Gasteiger partial charge is 0.337 e. The summed E-state index contributed by atoms with van der Waals surface area (Å²) in [4.78, 5) is 0. The summed E-state index contributed by atoms with van der Waals surface area (Å²) in [5.41, 5.74) is 0. The van der Waals surface area contributed by atoms with Gasteiger partial charge in [-0.05, 0) is 24.9 Å². The molecule has 0 heterocycles. The molecule has 0 spiro atoms. The van der Waals surface area contributed by atoms with E-state index in [1.807, 2.05) is 0 Å². The van der Waals surface area contributed by atoms with E-state index in [4.69, 9.17) is 8.85 Å². The fourth-order valence-electron chi connectivity index (χ4n) is 5.28. The van der Waals surface area contributed by atoms with Gasteiger partial charge in [0.1, 0.15) is 0 Å². The van der Waals surface area contributed by atoms with Gasteiger partial charge in [0.25, 0.3) is 0 Å². The summed E-state index contributed by atoms with van der Waals surface area (Å²) in [6.45, 7) is 11.0. The first-order valence-corrected chi connectivity index (χ1v) is 19.3. The molecule has 218 valence electrons. The minimum absolute atomic E-state index is 0.921. The van der Waals surface area contributed by atoms with Gasteiger partial charge in [-0.3, -0.25) is 0 Å². The van der Waals surface area contributed by atoms with Crippen LogP contribution in [0, 0.1) is 0 Å². The Balaban J connectivity index is 3.55. The molecule has 0 rings (SSSR count). The van der Waals surface area contributed by atoms with Gasteiger partial charge in [0, 0.05) is 13.2 Å². The zero-order valence-corrected chi connectivity index (χ0v) is 26.8. The predicted octanol–water partition coefficient (Wildman–Crippen LogP) is 12.3. The second-order valence-corrected chi connectivity index (χ2v) is 15.3. The number of hydrogen-bond acceptors (Lipinski definition) is 2. The minimum Gasteiger partial charge on any atom is -0.394 e. The Labute approximate surface area is 230 Å². The highest BCUT2D eigenvalue weighted by Crippen LogP contribution is 2.21. The van der Waals surface area contributed by atoms with E-state index in [9.17, 15) is 0 Å². The average Bonchev–Trinajstić information content (AvgIpc) is 2.90. The van der Waals surface area contributed by atoms with Crippen molar-refractivity contribution in [2.75, 3.05) is 13.2 Å². The van der Waals surface area contributed by atoms with E-state index < -0.39 is 8.56 Å². The van der Waals surface area contributed by atoms with Crippen LogP contribution in [0.4, 0.5) is 0 Å². The molecular formula is C33H70O2Si. The topological polar surface area (TPSA) is 18.5 Å². The van der Waals surface area contributed by atoms with Gasteiger partial charge >= 0.3 is 8.56 Å². The number of hydrogen-bond donors (Lipinski definition) is 0. The van der Waals surface area contributed by atoms with E-state index in [0.29, 0.717) is 0 Å². The van der Waals surface area contributed by atoms with Gasteiger partial charge in [-0.15, -0.1) is 0 Å². The third-order valence-electron chi connectivity index (χ3n) is 8.05. The standard InChI is InChI=1S/C33H70O2Si/c1-5-9-11-13-15-17-19-21-23-25-27-29-31-33-35-36(7-3,8-4)34-32-30-28-26-24-22-20-18-16-14-12-10-6-2/h5-33H2,1-4H3. The molecule has 0 aliphatic carbocycles. The zero-order chi connectivity index (χ0) is 26.4. The molecule has 2 nitrogen and oxygen atoms in total. The summed E-state index contributed by atoms with van der Waals surface area (Å²) in [5, 5.41) is 0. The van der Waals surface area contributed by atoms with Crippen LogP contribution in [0.3, 0.4) is 0 Å². The highest BCUT2D eigenvalue weighted by molar-refractivity contribution is 6.67. The zero-order valence-electron chi connectivity index (χ0n) is 25.8. The lowest BCUT2D eigenvalue weighted by atomic mass is 10.0. The van der Waals surface area contributed by atoms with Crippen molar-refractivity contribution in [2.45, 2.75) is 200 Å². The van der Waals surface area contributed by atoms with Crippen LogP contribution in [0.2, 0.25) is 12.1 Å². The van der Waals surface area contributed by atoms with Crippen molar-refractivity contribution < 1.29 is 8.85 Å². The first-order valence-electron chi connectivity index (χ1n) is 17.0. The molecule has 0 aromatic carbocycles. The Bertz CT molecular complexity index is 397. The molecule has 0 radical (unpaired) electrons. The Kier molecular flexibility index (Phi) is 29.8. The SMILES string of the molecule is CCCCCCCCCCCCCCCO[Si](CC)(CC)OCCCCCCCCCCCCCC. The van der Waals surface area contributed by atoms with Crippen molar-refractivity contribution in [3.63, 3.8) is 0 Å². The van der Waals surface area contributed by atoms with Gasteiger partial charge in [-0.1, -0.05) is 175 Å². The fraction of sp³-hybridized carbons (Fsp3) is 1.00. The Morgan fingerprint density at radius 1 is 0.306 bits per heavy atom. The van der Waals surface area contributed by atoms with Gasteiger partial charge in [-0.25, -0.2) is 0 Å². The second-order valence-electron chi connectivity index (χ2n) is 11.4. The van der Waals surface area contributed by atoms with Gasteiger partial charge in [0.2, 0.25) is 0 Å². The molecule has 0 saturated heterocycles. The summed E-state index contributed by atoms with van der Waals surface area (Å²) in [5.74, 6) is 0. The van der Waals surface area contributed by atoms with Crippen LogP contribution >= 0.6 is 0 Å². The lowest BCUT2D eigenvalue weighted by Crippen LogP contribution is -2.41. The summed E-state index contributed by atoms with van der Waals surface area (Å²) < 4.78 is 12.9. The van der Waals surface area contributed by atoms with Crippen LogP contribution in [-0.2, 0) is 8.85 Å². The second kappa shape index (κ2) is 29.7. The van der Waals surface area contributed by atoms with Gasteiger partial charge in [-0.2, -0.15) is 0 Å². The third-order valence-corrected chi connectivity index (χ3v) is 11.7. The van der Waals surface area contributed by atoms with E-state index in [-0.39, 0.29) is 0 Å². The van der Waals surface area contributed by atoms with E-state index in [0.717, 1.165) is 25.3 Å². The normalized spacial score (nSPS) is 12.0. The van der Waals surface area contributed by atoms with E-state index in [2.05, 4.69) is 27.7 Å². The van der Waals surface area contributed by atoms with E-state index in [1.165, 1.54) is 161 Å². The molecule has 0 saturated carbocycles. The summed E-state index contributed by atoms with van der Waals surface area (Å²) in [6.07, 6.45) is 35.0. The minimum atomic E-state index is -1.95. The van der Waals surface area contributed by atoms with Gasteiger partial charge in [0.05, 0.1) is 0 Å². The van der Waals surface area contributed by atoms with E-state index >= 15 is 0 Å². The summed E-state index contributed by atoms with van der Waals surface area (Å²) in [7, 11) is -1.95. The average molecular weight is 527 g/mol. The number of rotatable bonds is 31. The Morgan fingerprint density at radius 2 is 0.528 bits per heavy atom. The summed E-state index contributed by atoms with van der Waals surface area (Å²) in [6, 6.07) is 2.19. The third kappa shape index (κ3) is 24.5. The molecule has 0 fully saturated rings. The lowest BCUT2D eigenvalue weighted by molar-refractivity contribution is 0.163. The highest BCUT2D eigenvalue weighted by atomic mass is 28.4. The largest absolute Gasteiger partial charge is 0.394 e. The van der Waals surface area contributed by atoms with Crippen LogP contribution < -0.4 is 0 Å². The van der Waals surface area contributed by atoms with Crippen LogP contribution in [-0.4, -0.2) is 21.8 Å². The lowest BCUT2D eigenvalue weighted by Gasteiger charge is -2.29. The highest BCUT2D eigenvalue weighted by Gasteiger charge is 2.33.